The zero-order valence-corrected chi connectivity index (χ0v) is 63.6. The summed E-state index contributed by atoms with van der Waals surface area (Å²) in [5.74, 6) is -0.271. The molecule has 3 heterocycles. The molecule has 0 spiro atoms. The molecule has 17 unspecified atom stereocenters. The summed E-state index contributed by atoms with van der Waals surface area (Å²) in [7, 11) is 0. The van der Waals surface area contributed by atoms with Gasteiger partial charge in [0.1, 0.15) is 73.2 Å². The highest BCUT2D eigenvalue weighted by atomic mass is 16.8. The van der Waals surface area contributed by atoms with E-state index in [1.807, 2.05) is 6.08 Å². The van der Waals surface area contributed by atoms with Gasteiger partial charge < -0.3 is 89.9 Å². The van der Waals surface area contributed by atoms with Crippen molar-refractivity contribution in [3.8, 4) is 0 Å². The van der Waals surface area contributed by atoms with E-state index >= 15 is 0 Å². The number of hydrogen-bond acceptors (Lipinski definition) is 18. The van der Waals surface area contributed by atoms with Crippen molar-refractivity contribution >= 4 is 5.91 Å². The number of ether oxygens (including phenoxy) is 6. The molecule has 3 saturated heterocycles. The number of aliphatic hydroxyl groups excluding tert-OH is 11. The molecule has 12 N–H and O–H groups in total. The van der Waals surface area contributed by atoms with E-state index in [1.54, 1.807) is 6.08 Å². The van der Waals surface area contributed by atoms with Crippen molar-refractivity contribution in [2.75, 3.05) is 26.4 Å². The predicted molar refractivity (Wildman–Crippen MR) is 406 cm³/mol. The average Bonchev–Trinajstić information content (AvgIpc) is 0.778. The highest BCUT2D eigenvalue weighted by Gasteiger charge is 2.54. The Morgan fingerprint density at radius 2 is 0.676 bits per heavy atom. The first-order valence-corrected chi connectivity index (χ1v) is 41.2. The van der Waals surface area contributed by atoms with Crippen LogP contribution in [0.1, 0.15) is 316 Å². The summed E-state index contributed by atoms with van der Waals surface area (Å²) < 4.78 is 34.5. The lowest BCUT2D eigenvalue weighted by Crippen LogP contribution is -2.66. The number of aliphatic hydroxyl groups is 11. The van der Waals surface area contributed by atoms with Crippen molar-refractivity contribution in [2.24, 2.45) is 0 Å². The molecule has 0 aromatic rings. The van der Waals surface area contributed by atoms with Gasteiger partial charge in [0.25, 0.3) is 0 Å². The summed E-state index contributed by atoms with van der Waals surface area (Å²) in [4.78, 5) is 13.5. The van der Waals surface area contributed by atoms with Gasteiger partial charge in [-0.25, -0.2) is 0 Å². The second-order valence-electron chi connectivity index (χ2n) is 29.2. The zero-order valence-electron chi connectivity index (χ0n) is 63.6. The third kappa shape index (κ3) is 42.7. The van der Waals surface area contributed by atoms with E-state index < -0.39 is 124 Å². The Balaban J connectivity index is 1.33. The lowest BCUT2D eigenvalue weighted by atomic mass is 9.96. The van der Waals surface area contributed by atoms with Gasteiger partial charge >= 0.3 is 0 Å². The van der Waals surface area contributed by atoms with Crippen molar-refractivity contribution in [1.82, 2.24) is 5.32 Å². The molecule has 19 heteroatoms. The first-order chi connectivity index (χ1) is 49.8. The topological polar surface area (TPSA) is 307 Å². The summed E-state index contributed by atoms with van der Waals surface area (Å²) in [5.41, 5.74) is 0. The summed E-state index contributed by atoms with van der Waals surface area (Å²) in [6.07, 6.45) is 56.1. The largest absolute Gasteiger partial charge is 0.394 e. The highest BCUT2D eigenvalue weighted by Crippen LogP contribution is 2.33. The minimum atomic E-state index is -1.98. The van der Waals surface area contributed by atoms with E-state index in [-0.39, 0.29) is 18.9 Å². The number of allylic oxidation sites excluding steroid dienone is 11. The smallest absolute Gasteiger partial charge is 0.220 e. The molecular formula is C83H149NO18. The molecule has 19 nitrogen and oxygen atoms in total. The van der Waals surface area contributed by atoms with Crippen LogP contribution in [0.25, 0.3) is 0 Å². The standard InChI is InChI=1S/C83H149NO18/c1-3-5-7-9-11-13-15-17-19-21-23-25-26-27-28-29-30-31-32-33-34-35-36-37-38-39-40-41-43-45-47-49-51-53-55-57-59-61-71(89)84-66(67(88)60-58-56-54-52-50-48-46-44-42-24-22-20-18-16-14-12-10-8-6-4-2)65-97-81-77(95)74(92)79(69(63-86)99-81)102-83-78(96)75(93)80(70(64-87)100-83)101-82-76(94)73(91)72(90)68(62-85)98-82/h5,7,11,13,17,19,23,25,27-28,58,60,66-70,72-83,85-88,90-96H,3-4,6,8-10,12,14-16,18,20-22,24,26,29-57,59,61-65H2,1-2H3,(H,84,89)/b7-5-,13-11-,19-17-,25-23-,28-27-,60-58+. The molecule has 0 bridgehead atoms. The number of rotatable bonds is 65. The summed E-state index contributed by atoms with van der Waals surface area (Å²) in [5, 5.41) is 121. The van der Waals surface area contributed by atoms with Crippen LogP contribution in [-0.2, 0) is 33.2 Å². The summed E-state index contributed by atoms with van der Waals surface area (Å²) in [6, 6.07) is -0.975. The third-order valence-electron chi connectivity index (χ3n) is 20.3. The van der Waals surface area contributed by atoms with E-state index in [4.69, 9.17) is 28.4 Å². The second-order valence-corrected chi connectivity index (χ2v) is 29.2. The fourth-order valence-electron chi connectivity index (χ4n) is 13.7. The van der Waals surface area contributed by atoms with Gasteiger partial charge in [-0.2, -0.15) is 0 Å². The van der Waals surface area contributed by atoms with Crippen LogP contribution in [0, 0.1) is 0 Å². The molecule has 0 aromatic heterocycles. The van der Waals surface area contributed by atoms with Crippen molar-refractivity contribution in [3.63, 3.8) is 0 Å². The number of carbonyl (C=O) groups excluding carboxylic acids is 1. The number of unbranched alkanes of at least 4 members (excludes halogenated alkanes) is 39. The fraction of sp³-hybridized carbons (Fsp3) is 0.843. The Hall–Kier alpha value is -2.77. The molecular weight excluding hydrogens is 1300 g/mol. The van der Waals surface area contributed by atoms with Crippen LogP contribution < -0.4 is 5.32 Å². The minimum absolute atomic E-state index is 0.245. The Morgan fingerprint density at radius 1 is 0.363 bits per heavy atom. The van der Waals surface area contributed by atoms with E-state index in [0.29, 0.717) is 6.42 Å². The van der Waals surface area contributed by atoms with Crippen LogP contribution in [-0.4, -0.2) is 193 Å². The summed E-state index contributed by atoms with van der Waals surface area (Å²) in [6.45, 7) is 1.66. The minimum Gasteiger partial charge on any atom is -0.394 e. The monoisotopic (exact) mass is 1450 g/mol. The molecule has 0 aromatic carbocycles. The normalized spacial score (nSPS) is 26.5. The van der Waals surface area contributed by atoms with Gasteiger partial charge in [0.15, 0.2) is 18.9 Å². The quantitative estimate of drug-likeness (QED) is 0.0199. The van der Waals surface area contributed by atoms with Crippen LogP contribution >= 0.6 is 0 Å². The Morgan fingerprint density at radius 3 is 1.06 bits per heavy atom. The van der Waals surface area contributed by atoms with Crippen LogP contribution in [0.3, 0.4) is 0 Å². The first kappa shape index (κ1) is 93.4. The Bertz CT molecular complexity index is 2120. The maximum absolute atomic E-state index is 13.5. The average molecular weight is 1450 g/mol. The van der Waals surface area contributed by atoms with E-state index in [2.05, 4.69) is 79.9 Å². The molecule has 0 aliphatic carbocycles. The zero-order chi connectivity index (χ0) is 73.9. The molecule has 0 saturated carbocycles. The lowest BCUT2D eigenvalue weighted by molar-refractivity contribution is -0.379. The molecule has 0 radical (unpaired) electrons. The lowest BCUT2D eigenvalue weighted by Gasteiger charge is -2.48. The van der Waals surface area contributed by atoms with Gasteiger partial charge in [0.05, 0.1) is 38.6 Å². The van der Waals surface area contributed by atoms with E-state index in [0.717, 1.165) is 77.0 Å². The SMILES string of the molecule is CC/C=C\C/C=C\C/C=C\C/C=C\C/C=C\CCCCCCCCCCCCCCCCCCCCCCCC(=O)NC(COC1OC(CO)C(OC2OC(CO)C(OC3OC(CO)C(O)C(O)C3O)C(O)C2O)C(O)C1O)C(O)/C=C/CCCCCCCCCCCCCCCCCCCC. The number of carbonyl (C=O) groups is 1. The van der Waals surface area contributed by atoms with Gasteiger partial charge in [0, 0.05) is 6.42 Å². The molecule has 3 fully saturated rings. The molecule has 3 aliphatic rings. The Labute approximate surface area is 617 Å². The van der Waals surface area contributed by atoms with Crippen LogP contribution in [0.15, 0.2) is 72.9 Å². The highest BCUT2D eigenvalue weighted by molar-refractivity contribution is 5.76. The molecule has 3 rings (SSSR count). The van der Waals surface area contributed by atoms with E-state index in [1.165, 1.54) is 212 Å². The number of amides is 1. The molecule has 594 valence electrons. The Kier molecular flexibility index (Phi) is 57.9. The van der Waals surface area contributed by atoms with Gasteiger partial charge in [0.2, 0.25) is 5.91 Å². The number of hydrogen-bond donors (Lipinski definition) is 12. The van der Waals surface area contributed by atoms with Crippen molar-refractivity contribution < 1.29 is 89.4 Å². The van der Waals surface area contributed by atoms with Crippen LogP contribution in [0.2, 0.25) is 0 Å². The third-order valence-corrected chi connectivity index (χ3v) is 20.3. The van der Waals surface area contributed by atoms with Crippen LogP contribution in [0.5, 0.6) is 0 Å². The molecule has 17 atom stereocenters. The maximum atomic E-state index is 13.5. The second kappa shape index (κ2) is 63.2. The van der Waals surface area contributed by atoms with Gasteiger partial charge in [-0.1, -0.05) is 318 Å². The number of nitrogens with one attached hydrogen (secondary N) is 1. The van der Waals surface area contributed by atoms with Gasteiger partial charge in [-0.3, -0.25) is 4.79 Å². The van der Waals surface area contributed by atoms with Gasteiger partial charge in [-0.05, 0) is 64.2 Å². The van der Waals surface area contributed by atoms with Crippen molar-refractivity contribution in [1.29, 1.82) is 0 Å². The molecule has 1 amide bonds. The summed E-state index contributed by atoms with van der Waals surface area (Å²) >= 11 is 0. The predicted octanol–water partition coefficient (Wildman–Crippen LogP) is 14.0. The maximum Gasteiger partial charge on any atom is 0.220 e. The van der Waals surface area contributed by atoms with Crippen molar-refractivity contribution in [3.05, 3.63) is 72.9 Å². The molecule has 3 aliphatic heterocycles. The van der Waals surface area contributed by atoms with Gasteiger partial charge in [-0.15, -0.1) is 0 Å². The first-order valence-electron chi connectivity index (χ1n) is 41.2. The van der Waals surface area contributed by atoms with Crippen LogP contribution in [0.4, 0.5) is 0 Å². The molecule has 102 heavy (non-hydrogen) atoms. The van der Waals surface area contributed by atoms with Crippen molar-refractivity contribution in [2.45, 2.75) is 420 Å². The van der Waals surface area contributed by atoms with E-state index in [9.17, 15) is 61.0 Å². The fourth-order valence-corrected chi connectivity index (χ4v) is 13.7.